The molecule has 0 saturated heterocycles. The molecule has 2 heterocycles. The maximum Gasteiger partial charge on any atom is 0.251 e. The zero-order chi connectivity index (χ0) is 19.9. The summed E-state index contributed by atoms with van der Waals surface area (Å²) >= 11 is 0. The molecule has 0 spiro atoms. The van der Waals surface area contributed by atoms with Crippen LogP contribution in [0.2, 0.25) is 0 Å². The van der Waals surface area contributed by atoms with Crippen LogP contribution in [0.4, 0.5) is 21.8 Å². The van der Waals surface area contributed by atoms with Gasteiger partial charge in [-0.1, -0.05) is 12.1 Å². The first-order valence-corrected chi connectivity index (χ1v) is 8.84. The van der Waals surface area contributed by atoms with Crippen LogP contribution in [0.5, 0.6) is 0 Å². The van der Waals surface area contributed by atoms with E-state index in [0.717, 1.165) is 5.56 Å². The molecule has 3 N–H and O–H groups in total. The topological polar surface area (TPSA) is 91.8 Å². The molecule has 0 aliphatic rings. The highest BCUT2D eigenvalue weighted by molar-refractivity contribution is 5.96. The fourth-order valence-corrected chi connectivity index (χ4v) is 2.45. The number of amides is 1. The van der Waals surface area contributed by atoms with Gasteiger partial charge in [-0.05, 0) is 43.7 Å². The Hall–Kier alpha value is -3.55. The number of nitrogens with zero attached hydrogens (tertiary/aromatic N) is 3. The molecule has 2 aromatic heterocycles. The molecular weight excluding hydrogens is 359 g/mol. The molecule has 28 heavy (non-hydrogen) atoms. The van der Waals surface area contributed by atoms with E-state index in [2.05, 4.69) is 30.9 Å². The summed E-state index contributed by atoms with van der Waals surface area (Å²) in [4.78, 5) is 25.1. The molecule has 0 aliphatic carbocycles. The van der Waals surface area contributed by atoms with Crippen molar-refractivity contribution in [3.05, 3.63) is 71.9 Å². The third kappa shape index (κ3) is 5.47. The molecule has 0 bridgehead atoms. The van der Waals surface area contributed by atoms with E-state index in [9.17, 15) is 9.18 Å². The predicted octanol–water partition coefficient (Wildman–Crippen LogP) is 3.50. The van der Waals surface area contributed by atoms with Crippen molar-refractivity contribution in [2.24, 2.45) is 0 Å². The Balaban J connectivity index is 1.83. The number of nitrogens with one attached hydrogen (secondary N) is 3. The summed E-state index contributed by atoms with van der Waals surface area (Å²) in [6.45, 7) is 4.23. The summed E-state index contributed by atoms with van der Waals surface area (Å²) in [6, 6.07) is 9.51. The third-order valence-corrected chi connectivity index (χ3v) is 3.71. The van der Waals surface area contributed by atoms with E-state index in [1.165, 1.54) is 12.1 Å². The number of carbonyl (C=O) groups excluding carboxylic acids is 1. The van der Waals surface area contributed by atoms with Crippen molar-refractivity contribution in [2.75, 3.05) is 10.6 Å². The first kappa shape index (κ1) is 19.2. The highest BCUT2D eigenvalue weighted by Gasteiger charge is 2.12. The molecule has 144 valence electrons. The van der Waals surface area contributed by atoms with Gasteiger partial charge in [0, 0.05) is 30.5 Å². The van der Waals surface area contributed by atoms with Gasteiger partial charge in [-0.2, -0.15) is 0 Å². The summed E-state index contributed by atoms with van der Waals surface area (Å²) in [5, 5.41) is 9.08. The summed E-state index contributed by atoms with van der Waals surface area (Å²) in [5.41, 5.74) is 1.35. The second kappa shape index (κ2) is 8.90. The standard InChI is InChI=1S/C20H21FN6O/c1-13(2)25-20(28)15-9-17(24-11-14-3-5-16(21)6-4-14)26-18(10-15)27-19-12-22-7-8-23-19/h3-10,12-13H,11H2,1-2H3,(H,25,28)(H2,23,24,26,27). The molecule has 3 aromatic rings. The largest absolute Gasteiger partial charge is 0.366 e. The molecule has 1 aromatic carbocycles. The Kier molecular flexibility index (Phi) is 6.11. The lowest BCUT2D eigenvalue weighted by Gasteiger charge is -2.13. The summed E-state index contributed by atoms with van der Waals surface area (Å²) in [5.74, 6) is 0.987. The second-order valence-corrected chi connectivity index (χ2v) is 6.45. The number of rotatable bonds is 7. The number of hydrogen-bond donors (Lipinski definition) is 3. The van der Waals surface area contributed by atoms with Crippen molar-refractivity contribution in [1.82, 2.24) is 20.3 Å². The molecule has 0 radical (unpaired) electrons. The van der Waals surface area contributed by atoms with Crippen molar-refractivity contribution in [1.29, 1.82) is 0 Å². The minimum Gasteiger partial charge on any atom is -0.366 e. The Morgan fingerprint density at radius 3 is 2.50 bits per heavy atom. The average molecular weight is 380 g/mol. The smallest absolute Gasteiger partial charge is 0.251 e. The van der Waals surface area contributed by atoms with E-state index in [1.807, 2.05) is 13.8 Å². The van der Waals surface area contributed by atoms with Gasteiger partial charge < -0.3 is 16.0 Å². The average Bonchev–Trinajstić information content (AvgIpc) is 2.68. The SMILES string of the molecule is CC(C)NC(=O)c1cc(NCc2ccc(F)cc2)nc(Nc2cnccn2)c1. The molecule has 7 nitrogen and oxygen atoms in total. The van der Waals surface area contributed by atoms with Crippen LogP contribution in [0.25, 0.3) is 0 Å². The van der Waals surface area contributed by atoms with Gasteiger partial charge >= 0.3 is 0 Å². The van der Waals surface area contributed by atoms with Gasteiger partial charge in [0.05, 0.1) is 6.20 Å². The van der Waals surface area contributed by atoms with Gasteiger partial charge in [0.2, 0.25) is 0 Å². The fourth-order valence-electron chi connectivity index (χ4n) is 2.45. The second-order valence-electron chi connectivity index (χ2n) is 6.45. The van der Waals surface area contributed by atoms with Crippen molar-refractivity contribution in [3.8, 4) is 0 Å². The van der Waals surface area contributed by atoms with Gasteiger partial charge in [0.1, 0.15) is 23.3 Å². The third-order valence-electron chi connectivity index (χ3n) is 3.71. The Morgan fingerprint density at radius 2 is 1.82 bits per heavy atom. The van der Waals surface area contributed by atoms with Crippen LogP contribution in [0.1, 0.15) is 29.8 Å². The van der Waals surface area contributed by atoms with Crippen molar-refractivity contribution >= 4 is 23.4 Å². The van der Waals surface area contributed by atoms with Crippen LogP contribution < -0.4 is 16.0 Å². The Bertz CT molecular complexity index is 931. The van der Waals surface area contributed by atoms with Gasteiger partial charge in [-0.15, -0.1) is 0 Å². The van der Waals surface area contributed by atoms with E-state index in [4.69, 9.17) is 0 Å². The van der Waals surface area contributed by atoms with Crippen LogP contribution in [0.3, 0.4) is 0 Å². The molecule has 1 amide bonds. The van der Waals surface area contributed by atoms with E-state index < -0.39 is 0 Å². The van der Waals surface area contributed by atoms with Crippen LogP contribution in [-0.4, -0.2) is 26.9 Å². The zero-order valence-electron chi connectivity index (χ0n) is 15.6. The normalized spacial score (nSPS) is 10.6. The number of pyridine rings is 1. The lowest BCUT2D eigenvalue weighted by atomic mass is 10.2. The highest BCUT2D eigenvalue weighted by atomic mass is 19.1. The van der Waals surface area contributed by atoms with Gasteiger partial charge in [-0.3, -0.25) is 9.78 Å². The van der Waals surface area contributed by atoms with E-state index in [0.29, 0.717) is 29.6 Å². The molecule has 8 heteroatoms. The monoisotopic (exact) mass is 380 g/mol. The predicted molar refractivity (Wildman–Crippen MR) is 106 cm³/mol. The van der Waals surface area contributed by atoms with Gasteiger partial charge in [-0.25, -0.2) is 14.4 Å². The first-order valence-electron chi connectivity index (χ1n) is 8.84. The number of aromatic nitrogens is 3. The van der Waals surface area contributed by atoms with E-state index >= 15 is 0 Å². The molecule has 3 rings (SSSR count). The Morgan fingerprint density at radius 1 is 1.07 bits per heavy atom. The maximum absolute atomic E-state index is 13.1. The molecule has 0 saturated carbocycles. The van der Waals surface area contributed by atoms with Crippen LogP contribution in [0.15, 0.2) is 55.0 Å². The fraction of sp³-hybridized carbons (Fsp3) is 0.200. The van der Waals surface area contributed by atoms with E-state index in [-0.39, 0.29) is 17.8 Å². The number of anilines is 3. The molecule has 0 aliphatic heterocycles. The molecule has 0 unspecified atom stereocenters. The minimum absolute atomic E-state index is 0.00712. The van der Waals surface area contributed by atoms with Crippen LogP contribution >= 0.6 is 0 Å². The summed E-state index contributed by atoms with van der Waals surface area (Å²) in [6.07, 6.45) is 4.69. The minimum atomic E-state index is -0.287. The van der Waals surface area contributed by atoms with Crippen molar-refractivity contribution in [2.45, 2.75) is 26.4 Å². The number of benzene rings is 1. The number of carbonyl (C=O) groups is 1. The lowest BCUT2D eigenvalue weighted by Crippen LogP contribution is -2.30. The quantitative estimate of drug-likeness (QED) is 0.581. The van der Waals surface area contributed by atoms with Crippen LogP contribution in [0, 0.1) is 5.82 Å². The molecular formula is C20H21FN6O. The zero-order valence-corrected chi connectivity index (χ0v) is 15.6. The first-order chi connectivity index (χ1) is 13.5. The van der Waals surface area contributed by atoms with Gasteiger partial charge in [0.15, 0.2) is 0 Å². The van der Waals surface area contributed by atoms with Gasteiger partial charge in [0.25, 0.3) is 5.91 Å². The van der Waals surface area contributed by atoms with E-state index in [1.54, 1.807) is 42.9 Å². The summed E-state index contributed by atoms with van der Waals surface area (Å²) in [7, 11) is 0. The highest BCUT2D eigenvalue weighted by Crippen LogP contribution is 2.18. The molecule has 0 atom stereocenters. The van der Waals surface area contributed by atoms with Crippen molar-refractivity contribution < 1.29 is 9.18 Å². The van der Waals surface area contributed by atoms with Crippen molar-refractivity contribution in [3.63, 3.8) is 0 Å². The maximum atomic E-state index is 13.1. The lowest BCUT2D eigenvalue weighted by molar-refractivity contribution is 0.0943. The number of hydrogen-bond acceptors (Lipinski definition) is 6. The number of halogens is 1. The Labute approximate surface area is 162 Å². The summed E-state index contributed by atoms with van der Waals surface area (Å²) < 4.78 is 13.1. The van der Waals surface area contributed by atoms with Crippen LogP contribution in [-0.2, 0) is 6.54 Å². The molecule has 0 fully saturated rings.